The van der Waals surface area contributed by atoms with Gasteiger partial charge in [-0.1, -0.05) is 54.0 Å². The third kappa shape index (κ3) is 3.24. The summed E-state index contributed by atoms with van der Waals surface area (Å²) in [7, 11) is 0. The molecule has 0 spiro atoms. The Kier molecular flexibility index (Phi) is 5.22. The normalized spacial score (nSPS) is 12.4. The summed E-state index contributed by atoms with van der Waals surface area (Å²) in [6.07, 6.45) is 2.02. The minimum Gasteiger partial charge on any atom is -0.207 e. The van der Waals surface area contributed by atoms with E-state index >= 15 is 0 Å². The molecule has 0 aliphatic heterocycles. The summed E-state index contributed by atoms with van der Waals surface area (Å²) in [6.45, 7) is 4.30. The molecule has 0 heterocycles. The maximum absolute atomic E-state index is 13.2. The quantitative estimate of drug-likeness (QED) is 0.586. The second-order valence-electron chi connectivity index (χ2n) is 4.76. The van der Waals surface area contributed by atoms with Gasteiger partial charge < -0.3 is 0 Å². The number of rotatable bonds is 4. The molecule has 0 fully saturated rings. The summed E-state index contributed by atoms with van der Waals surface area (Å²) in [6, 6.07) is 11.0. The Morgan fingerprint density at radius 1 is 1.05 bits per heavy atom. The summed E-state index contributed by atoms with van der Waals surface area (Å²) in [5, 5.41) is -0.277. The lowest BCUT2D eigenvalue weighted by Gasteiger charge is -2.15. The van der Waals surface area contributed by atoms with Crippen LogP contribution in [0.5, 0.6) is 0 Å². The van der Waals surface area contributed by atoms with Crippen LogP contribution in [0.1, 0.15) is 41.5 Å². The number of aryl methyl sites for hydroxylation is 2. The Morgan fingerprint density at radius 2 is 1.75 bits per heavy atom. The van der Waals surface area contributed by atoms with Crippen molar-refractivity contribution in [1.82, 2.24) is 0 Å². The zero-order valence-electron chi connectivity index (χ0n) is 11.6. The molecule has 0 amide bonds. The van der Waals surface area contributed by atoms with Crippen molar-refractivity contribution in [2.45, 2.75) is 32.1 Å². The highest BCUT2D eigenvalue weighted by atomic mass is 79.9. The van der Waals surface area contributed by atoms with E-state index in [1.165, 1.54) is 23.3 Å². The number of hydrogen-bond acceptors (Lipinski definition) is 0. The van der Waals surface area contributed by atoms with E-state index in [1.807, 2.05) is 0 Å². The highest BCUT2D eigenvalue weighted by Gasteiger charge is 2.15. The van der Waals surface area contributed by atoms with Crippen molar-refractivity contribution in [3.05, 3.63) is 68.9 Å². The Labute approximate surface area is 133 Å². The first kappa shape index (κ1) is 15.5. The van der Waals surface area contributed by atoms with E-state index in [4.69, 9.17) is 11.6 Å². The van der Waals surface area contributed by atoms with Gasteiger partial charge in [-0.05, 0) is 47.2 Å². The van der Waals surface area contributed by atoms with Gasteiger partial charge >= 0.3 is 0 Å². The van der Waals surface area contributed by atoms with Crippen LogP contribution < -0.4 is 0 Å². The summed E-state index contributed by atoms with van der Waals surface area (Å²) in [5.41, 5.74) is 4.62. The van der Waals surface area contributed by atoms with E-state index in [-0.39, 0.29) is 11.2 Å². The van der Waals surface area contributed by atoms with Crippen molar-refractivity contribution < 1.29 is 4.39 Å². The van der Waals surface area contributed by atoms with E-state index in [2.05, 4.69) is 48.0 Å². The summed E-state index contributed by atoms with van der Waals surface area (Å²) < 4.78 is 13.9. The van der Waals surface area contributed by atoms with E-state index in [0.717, 1.165) is 24.0 Å². The summed E-state index contributed by atoms with van der Waals surface area (Å²) in [4.78, 5) is 0. The van der Waals surface area contributed by atoms with Crippen molar-refractivity contribution in [1.29, 1.82) is 0 Å². The lowest BCUT2D eigenvalue weighted by molar-refractivity contribution is 0.626. The molecule has 1 unspecified atom stereocenters. The minimum absolute atomic E-state index is 0.264. The van der Waals surface area contributed by atoms with Crippen LogP contribution in [-0.4, -0.2) is 0 Å². The predicted molar refractivity (Wildman–Crippen MR) is 87.0 cm³/mol. The Hall–Kier alpha value is -0.860. The van der Waals surface area contributed by atoms with Crippen molar-refractivity contribution in [2.75, 3.05) is 0 Å². The van der Waals surface area contributed by atoms with Gasteiger partial charge in [0, 0.05) is 4.47 Å². The van der Waals surface area contributed by atoms with Crippen LogP contribution in [-0.2, 0) is 12.8 Å². The van der Waals surface area contributed by atoms with Crippen molar-refractivity contribution >= 4 is 27.5 Å². The van der Waals surface area contributed by atoms with Crippen LogP contribution in [0.25, 0.3) is 0 Å². The van der Waals surface area contributed by atoms with Gasteiger partial charge in [-0.15, -0.1) is 11.6 Å². The number of alkyl halides is 1. The summed E-state index contributed by atoms with van der Waals surface area (Å²) in [5.74, 6) is -0.264. The molecule has 2 aromatic rings. The fraction of sp³-hybridized carbons (Fsp3) is 0.294. The second kappa shape index (κ2) is 6.73. The molecule has 0 saturated heterocycles. The lowest BCUT2D eigenvalue weighted by Crippen LogP contribution is -1.99. The highest BCUT2D eigenvalue weighted by Crippen LogP contribution is 2.35. The van der Waals surface area contributed by atoms with Gasteiger partial charge in [0.2, 0.25) is 0 Å². The monoisotopic (exact) mass is 354 g/mol. The third-order valence-electron chi connectivity index (χ3n) is 3.52. The first-order chi connectivity index (χ1) is 9.56. The number of benzene rings is 2. The topological polar surface area (TPSA) is 0 Å². The van der Waals surface area contributed by atoms with Gasteiger partial charge in [-0.3, -0.25) is 0 Å². The summed E-state index contributed by atoms with van der Waals surface area (Å²) >= 11 is 9.95. The average Bonchev–Trinajstić information content (AvgIpc) is 2.45. The first-order valence-corrected chi connectivity index (χ1v) is 8.00. The van der Waals surface area contributed by atoms with Gasteiger partial charge in [0.1, 0.15) is 5.82 Å². The number of halogens is 3. The molecule has 2 aromatic carbocycles. The molecular formula is C17H17BrClF. The third-order valence-corrected chi connectivity index (χ3v) is 4.69. The Balaban J connectivity index is 2.40. The fourth-order valence-corrected chi connectivity index (χ4v) is 3.40. The molecular weight excluding hydrogens is 339 g/mol. The zero-order valence-corrected chi connectivity index (χ0v) is 13.9. The van der Waals surface area contributed by atoms with Crippen LogP contribution in [0.4, 0.5) is 4.39 Å². The molecule has 0 saturated carbocycles. The van der Waals surface area contributed by atoms with Gasteiger partial charge in [0.25, 0.3) is 0 Å². The van der Waals surface area contributed by atoms with Gasteiger partial charge in [-0.25, -0.2) is 4.39 Å². The molecule has 0 aliphatic carbocycles. The fourth-order valence-electron chi connectivity index (χ4n) is 2.36. The molecule has 0 aromatic heterocycles. The molecule has 0 radical (unpaired) electrons. The lowest BCUT2D eigenvalue weighted by atomic mass is 9.96. The molecule has 0 aliphatic rings. The Bertz CT molecular complexity index is 610. The maximum atomic E-state index is 13.2. The smallest absolute Gasteiger partial charge is 0.124 e. The van der Waals surface area contributed by atoms with Gasteiger partial charge in [-0.2, -0.15) is 0 Å². The highest BCUT2D eigenvalue weighted by molar-refractivity contribution is 9.10. The minimum atomic E-state index is -0.277. The van der Waals surface area contributed by atoms with Crippen LogP contribution in [0.15, 0.2) is 40.9 Å². The van der Waals surface area contributed by atoms with E-state index in [1.54, 1.807) is 6.07 Å². The molecule has 0 bridgehead atoms. The standard InChI is InChI=1S/C17H17BrClF/c1-3-11-5-6-13(9-12(11)4-2)17(19)15-8-7-14(20)10-16(15)18/h5-10,17H,3-4H2,1-2H3. The van der Waals surface area contributed by atoms with Crippen molar-refractivity contribution in [3.63, 3.8) is 0 Å². The molecule has 1 atom stereocenters. The van der Waals surface area contributed by atoms with Crippen molar-refractivity contribution in [2.24, 2.45) is 0 Å². The van der Waals surface area contributed by atoms with Gasteiger partial charge in [0.15, 0.2) is 0 Å². The molecule has 3 heteroatoms. The van der Waals surface area contributed by atoms with Crippen LogP contribution in [0, 0.1) is 5.82 Å². The van der Waals surface area contributed by atoms with Crippen LogP contribution >= 0.6 is 27.5 Å². The van der Waals surface area contributed by atoms with E-state index < -0.39 is 0 Å². The van der Waals surface area contributed by atoms with Crippen LogP contribution in [0.2, 0.25) is 0 Å². The first-order valence-electron chi connectivity index (χ1n) is 6.77. The van der Waals surface area contributed by atoms with Crippen molar-refractivity contribution in [3.8, 4) is 0 Å². The molecule has 0 N–H and O–H groups in total. The molecule has 2 rings (SSSR count). The average molecular weight is 356 g/mol. The van der Waals surface area contributed by atoms with E-state index in [9.17, 15) is 4.39 Å². The molecule has 106 valence electrons. The molecule has 20 heavy (non-hydrogen) atoms. The second-order valence-corrected chi connectivity index (χ2v) is 6.05. The predicted octanol–water partition coefficient (Wildman–Crippen LogP) is 6.04. The number of hydrogen-bond donors (Lipinski definition) is 0. The maximum Gasteiger partial charge on any atom is 0.124 e. The SMILES string of the molecule is CCc1ccc(C(Cl)c2ccc(F)cc2Br)cc1CC. The largest absolute Gasteiger partial charge is 0.207 e. The van der Waals surface area contributed by atoms with Crippen LogP contribution in [0.3, 0.4) is 0 Å². The zero-order chi connectivity index (χ0) is 14.7. The Morgan fingerprint density at radius 3 is 2.35 bits per heavy atom. The van der Waals surface area contributed by atoms with E-state index in [0.29, 0.717) is 4.47 Å². The van der Waals surface area contributed by atoms with Gasteiger partial charge in [0.05, 0.1) is 5.38 Å². The molecule has 0 nitrogen and oxygen atoms in total.